The van der Waals surface area contributed by atoms with Gasteiger partial charge in [0, 0.05) is 17.9 Å². The van der Waals surface area contributed by atoms with Crippen LogP contribution >= 0.6 is 19.6 Å². The number of nitro groups is 1. The molecule has 1 saturated heterocycles. The van der Waals surface area contributed by atoms with Crippen LogP contribution in [-0.2, 0) is 19.6 Å². The Hall–Kier alpha value is -0.490. The Labute approximate surface area is 246 Å². The van der Waals surface area contributed by atoms with Crippen molar-refractivity contribution in [2.45, 2.75) is 35.3 Å². The minimum atomic E-state index is -5.28. The molecule has 3 aromatic rings. The van der Waals surface area contributed by atoms with Gasteiger partial charge in [0.15, 0.2) is 11.9 Å². The zero-order chi connectivity index (χ0) is 23.8. The van der Waals surface area contributed by atoms with Gasteiger partial charge in [-0.15, -0.1) is 0 Å². The van der Waals surface area contributed by atoms with Gasteiger partial charge in [0.05, 0.1) is 25.7 Å². The molecule has 0 aliphatic carbocycles. The molecule has 0 bridgehead atoms. The molecule has 1 aliphatic heterocycles. The molecule has 18 heteroatoms. The van der Waals surface area contributed by atoms with Crippen LogP contribution in [0.3, 0.4) is 0 Å². The summed E-state index contributed by atoms with van der Waals surface area (Å²) in [6, 6.07) is 6.08. The minimum absolute atomic E-state index is 0. The number of thioether (sulfide) groups is 1. The average Bonchev–Trinajstić information content (AvgIpc) is 3.32. The van der Waals surface area contributed by atoms with Crippen LogP contribution in [0, 0.1) is 10.1 Å². The zero-order valence-corrected chi connectivity index (χ0v) is 24.2. The van der Waals surface area contributed by atoms with Gasteiger partial charge in [0.2, 0.25) is 0 Å². The fourth-order valence-electron chi connectivity index (χ4n) is 3.25. The number of fused-ring (bicyclic) bond motifs is 1. The molecular weight excluding hydrogens is 527 g/mol. The number of aliphatic hydroxyl groups is 2. The molecule has 2 N–H and O–H groups in total. The van der Waals surface area contributed by atoms with Crippen LogP contribution in [-0.4, -0.2) is 59.6 Å². The van der Waals surface area contributed by atoms with Crippen LogP contribution in [0.15, 0.2) is 41.9 Å². The molecule has 4 rings (SSSR count). The summed E-state index contributed by atoms with van der Waals surface area (Å²) in [7, 11) is -5.28. The third-order valence-electron chi connectivity index (χ3n) is 4.86. The van der Waals surface area contributed by atoms with Crippen LogP contribution in [0.2, 0.25) is 0 Å². The molecule has 0 radical (unpaired) electrons. The van der Waals surface area contributed by atoms with E-state index in [1.165, 1.54) is 41.1 Å². The molecule has 1 aromatic carbocycles. The van der Waals surface area contributed by atoms with Crippen LogP contribution < -0.4 is 68.9 Å². The number of nitro benzene ring substituents is 1. The van der Waals surface area contributed by atoms with Gasteiger partial charge in [-0.25, -0.2) is 15.0 Å². The van der Waals surface area contributed by atoms with Gasteiger partial charge in [-0.2, -0.15) is 0 Å². The van der Waals surface area contributed by atoms with Crippen LogP contribution in [0.1, 0.15) is 11.8 Å². The van der Waals surface area contributed by atoms with Crippen molar-refractivity contribution < 1.29 is 97.9 Å². The largest absolute Gasteiger partial charge is 1.00 e. The molecule has 3 heterocycles. The van der Waals surface area contributed by atoms with E-state index >= 15 is 0 Å². The maximum atomic E-state index is 10.8. The van der Waals surface area contributed by atoms with Crippen molar-refractivity contribution in [1.82, 2.24) is 19.5 Å². The predicted molar refractivity (Wildman–Crippen MR) is 107 cm³/mol. The third kappa shape index (κ3) is 7.30. The predicted octanol–water partition coefficient (Wildman–Crippen LogP) is -6.50. The van der Waals surface area contributed by atoms with Crippen molar-refractivity contribution in [2.24, 2.45) is 0 Å². The molecule has 0 saturated carbocycles. The molecule has 2 aromatic heterocycles. The van der Waals surface area contributed by atoms with Crippen molar-refractivity contribution in [3.05, 3.63) is 52.6 Å². The molecule has 176 valence electrons. The summed E-state index contributed by atoms with van der Waals surface area (Å²) in [4.78, 5) is 44.3. The molecular formula is C17H16N5Na2O9PS. The van der Waals surface area contributed by atoms with E-state index in [1.807, 2.05) is 0 Å². The van der Waals surface area contributed by atoms with E-state index in [-0.39, 0.29) is 70.4 Å². The average molecular weight is 543 g/mol. The Morgan fingerprint density at radius 1 is 1.14 bits per heavy atom. The maximum Gasteiger partial charge on any atom is 1.00 e. The first-order valence-electron chi connectivity index (χ1n) is 9.36. The molecule has 1 fully saturated rings. The first-order chi connectivity index (χ1) is 15.6. The Morgan fingerprint density at radius 2 is 1.83 bits per heavy atom. The van der Waals surface area contributed by atoms with E-state index in [1.54, 1.807) is 12.1 Å². The quantitative estimate of drug-likeness (QED) is 0.0677. The van der Waals surface area contributed by atoms with Crippen molar-refractivity contribution >= 4 is 36.4 Å². The van der Waals surface area contributed by atoms with E-state index in [0.717, 1.165) is 5.56 Å². The summed E-state index contributed by atoms with van der Waals surface area (Å²) in [5.41, 5.74) is 1.48. The molecule has 4 atom stereocenters. The molecule has 1 aliphatic rings. The van der Waals surface area contributed by atoms with Gasteiger partial charge < -0.3 is 33.8 Å². The van der Waals surface area contributed by atoms with Gasteiger partial charge >= 0.3 is 59.1 Å². The molecule has 4 unspecified atom stereocenters. The molecule has 0 spiro atoms. The first kappa shape index (κ1) is 30.7. The van der Waals surface area contributed by atoms with E-state index in [4.69, 9.17) is 4.74 Å². The van der Waals surface area contributed by atoms with Crippen LogP contribution in [0.25, 0.3) is 11.2 Å². The van der Waals surface area contributed by atoms with Crippen molar-refractivity contribution in [1.29, 1.82) is 0 Å². The number of hydrogen-bond donors (Lipinski definition) is 2. The fraction of sp³-hybridized carbons (Fsp3) is 0.353. The number of non-ortho nitro benzene ring substituents is 1. The maximum absolute atomic E-state index is 10.8. The standard InChI is InChI=1S/C17H18N5O9PS.2Na/c23-13-11(5-30-32(27,28)29)31-17(14(13)24)21-8-20-12-15(21)18-7-19-16(12)33-6-9-1-3-10(4-2-9)22(25)26;;/h1-4,7-8,11,13-14,17,23-24H,5-6H2,(H2,27,28,29);;/q;2*+1/p-2. The number of ether oxygens (including phenoxy) is 1. The van der Waals surface area contributed by atoms with Gasteiger partial charge in [0.25, 0.3) is 5.69 Å². The number of phosphoric ester groups is 1. The number of phosphoric acid groups is 1. The monoisotopic (exact) mass is 543 g/mol. The van der Waals surface area contributed by atoms with Gasteiger partial charge in [-0.3, -0.25) is 14.7 Å². The van der Waals surface area contributed by atoms with Crippen molar-refractivity contribution in [3.8, 4) is 0 Å². The summed E-state index contributed by atoms with van der Waals surface area (Å²) in [6.45, 7) is -0.753. The normalized spacial score (nSPS) is 21.9. The summed E-state index contributed by atoms with van der Waals surface area (Å²) >= 11 is 1.32. The second kappa shape index (κ2) is 12.8. The minimum Gasteiger partial charge on any atom is -0.790 e. The van der Waals surface area contributed by atoms with Crippen molar-refractivity contribution in [2.75, 3.05) is 6.61 Å². The zero-order valence-electron chi connectivity index (χ0n) is 18.5. The van der Waals surface area contributed by atoms with Crippen molar-refractivity contribution in [3.63, 3.8) is 0 Å². The number of hydrogen-bond acceptors (Lipinski definition) is 13. The number of aromatic nitrogens is 4. The van der Waals surface area contributed by atoms with Gasteiger partial charge in [-0.1, -0.05) is 23.9 Å². The fourth-order valence-corrected chi connectivity index (χ4v) is 4.48. The summed E-state index contributed by atoms with van der Waals surface area (Å²) in [6.07, 6.45) is -2.82. The molecule has 35 heavy (non-hydrogen) atoms. The van der Waals surface area contributed by atoms with Gasteiger partial charge in [0.1, 0.15) is 35.2 Å². The topological polar surface area (TPSA) is 209 Å². The third-order valence-corrected chi connectivity index (χ3v) is 6.37. The van der Waals surface area contributed by atoms with E-state index in [0.29, 0.717) is 16.3 Å². The van der Waals surface area contributed by atoms with E-state index in [2.05, 4.69) is 19.5 Å². The summed E-state index contributed by atoms with van der Waals surface area (Å²) < 4.78 is 21.7. The second-order valence-electron chi connectivity index (χ2n) is 7.00. The first-order valence-corrected chi connectivity index (χ1v) is 11.8. The smallest absolute Gasteiger partial charge is 0.790 e. The number of imidazole rings is 1. The summed E-state index contributed by atoms with van der Waals surface area (Å²) in [5.74, 6) is 0.447. The molecule has 0 amide bonds. The number of rotatable bonds is 8. The Kier molecular flexibility index (Phi) is 11.3. The Bertz CT molecular complexity index is 1210. The second-order valence-corrected chi connectivity index (χ2v) is 9.12. The Balaban J connectivity index is 0.00000216. The molecule has 14 nitrogen and oxygen atoms in total. The number of nitrogens with zero attached hydrogens (tertiary/aromatic N) is 5. The van der Waals surface area contributed by atoms with Crippen LogP contribution in [0.5, 0.6) is 0 Å². The van der Waals surface area contributed by atoms with E-state index in [9.17, 15) is 34.7 Å². The summed E-state index contributed by atoms with van der Waals surface area (Å²) in [5, 5.41) is 31.8. The van der Waals surface area contributed by atoms with E-state index < -0.39 is 43.9 Å². The van der Waals surface area contributed by atoms with Crippen LogP contribution in [0.4, 0.5) is 5.69 Å². The van der Waals surface area contributed by atoms with Gasteiger partial charge in [-0.05, 0) is 5.56 Å². The number of aliphatic hydroxyl groups excluding tert-OH is 2. The Morgan fingerprint density at radius 3 is 2.46 bits per heavy atom. The SMILES string of the molecule is O=[N+]([O-])c1ccc(CSc2ncnc3c2ncn3C2OC(COP(=O)([O-])[O-])C(O)C2O)cc1.[Na+].[Na+]. The number of benzene rings is 1.